The predicted octanol–water partition coefficient (Wildman–Crippen LogP) is 3.71. The highest BCUT2D eigenvalue weighted by Crippen LogP contribution is 2.38. The van der Waals surface area contributed by atoms with Crippen molar-refractivity contribution in [2.45, 2.75) is 6.54 Å². The standard InChI is InChI=1S/C20H17FN4O3/c1-2-10-25-16-9-4-3-8-15(16)18(20(25)28)24-23-17(26)12-22-19(27)13-6-5-7-14(21)11-13/h2-9,11,28H,1,10,12H2,(H,22,27). The number of hydrogen-bond donors (Lipinski definition) is 2. The Morgan fingerprint density at radius 2 is 2.00 bits per heavy atom. The summed E-state index contributed by atoms with van der Waals surface area (Å²) in [7, 11) is 0. The molecule has 0 saturated carbocycles. The highest BCUT2D eigenvalue weighted by atomic mass is 19.1. The van der Waals surface area contributed by atoms with Crippen molar-refractivity contribution in [3.8, 4) is 5.88 Å². The molecule has 2 aromatic carbocycles. The molecule has 7 nitrogen and oxygen atoms in total. The number of para-hydroxylation sites is 1. The molecule has 0 spiro atoms. The van der Waals surface area contributed by atoms with Gasteiger partial charge in [0.25, 0.3) is 11.8 Å². The van der Waals surface area contributed by atoms with Gasteiger partial charge in [-0.1, -0.05) is 30.3 Å². The number of benzene rings is 2. The van der Waals surface area contributed by atoms with Crippen molar-refractivity contribution in [3.63, 3.8) is 0 Å². The van der Waals surface area contributed by atoms with Crippen LogP contribution in [0.1, 0.15) is 10.4 Å². The van der Waals surface area contributed by atoms with E-state index in [0.717, 1.165) is 11.6 Å². The number of azo groups is 1. The number of fused-ring (bicyclic) bond motifs is 1. The lowest BCUT2D eigenvalue weighted by molar-refractivity contribution is -0.117. The first-order chi connectivity index (χ1) is 13.5. The summed E-state index contributed by atoms with van der Waals surface area (Å²) < 4.78 is 14.7. The summed E-state index contributed by atoms with van der Waals surface area (Å²) in [5.41, 5.74) is 0.970. The Bertz CT molecular complexity index is 1090. The fraction of sp³-hybridized carbons (Fsp3) is 0.100. The van der Waals surface area contributed by atoms with E-state index in [2.05, 4.69) is 22.1 Å². The SMILES string of the molecule is C=CCn1c(O)c(N=NC(=O)CNC(=O)c2cccc(F)c2)c2ccccc21. The lowest BCUT2D eigenvalue weighted by atomic mass is 10.2. The van der Waals surface area contributed by atoms with Crippen molar-refractivity contribution >= 4 is 28.4 Å². The Morgan fingerprint density at radius 1 is 1.21 bits per heavy atom. The second-order valence-corrected chi connectivity index (χ2v) is 5.88. The van der Waals surface area contributed by atoms with Gasteiger partial charge in [0.1, 0.15) is 12.4 Å². The van der Waals surface area contributed by atoms with Gasteiger partial charge in [-0.05, 0) is 24.3 Å². The molecule has 0 aliphatic rings. The minimum atomic E-state index is -0.718. The number of nitrogens with zero attached hydrogens (tertiary/aromatic N) is 3. The normalized spacial score (nSPS) is 11.0. The number of nitrogens with one attached hydrogen (secondary N) is 1. The van der Waals surface area contributed by atoms with Gasteiger partial charge in [-0.2, -0.15) is 0 Å². The summed E-state index contributed by atoms with van der Waals surface area (Å²) in [6.07, 6.45) is 1.63. The number of halogens is 1. The van der Waals surface area contributed by atoms with Gasteiger partial charge in [0.15, 0.2) is 5.69 Å². The molecule has 3 aromatic rings. The van der Waals surface area contributed by atoms with E-state index in [-0.39, 0.29) is 17.1 Å². The van der Waals surface area contributed by atoms with Gasteiger partial charge in [0.2, 0.25) is 5.88 Å². The highest BCUT2D eigenvalue weighted by molar-refractivity contribution is 5.97. The molecule has 0 aliphatic heterocycles. The molecule has 2 amide bonds. The smallest absolute Gasteiger partial charge is 0.283 e. The number of amides is 2. The van der Waals surface area contributed by atoms with Crippen LogP contribution in [0.2, 0.25) is 0 Å². The number of carbonyl (C=O) groups is 2. The molecule has 28 heavy (non-hydrogen) atoms. The average Bonchev–Trinajstić information content (AvgIpc) is 2.96. The van der Waals surface area contributed by atoms with Crippen LogP contribution in [0.5, 0.6) is 5.88 Å². The monoisotopic (exact) mass is 380 g/mol. The van der Waals surface area contributed by atoms with Crippen molar-refractivity contribution < 1.29 is 19.1 Å². The minimum Gasteiger partial charge on any atom is -0.493 e. The van der Waals surface area contributed by atoms with E-state index in [4.69, 9.17) is 0 Å². The third kappa shape index (κ3) is 3.96. The molecular formula is C20H17FN4O3. The van der Waals surface area contributed by atoms with Gasteiger partial charge in [0, 0.05) is 17.5 Å². The Labute approximate surface area is 159 Å². The number of allylic oxidation sites excluding steroid dienone is 1. The fourth-order valence-corrected chi connectivity index (χ4v) is 2.71. The Hall–Kier alpha value is -3.81. The fourth-order valence-electron chi connectivity index (χ4n) is 2.71. The van der Waals surface area contributed by atoms with Gasteiger partial charge in [0.05, 0.1) is 5.52 Å². The average molecular weight is 380 g/mol. The Balaban J connectivity index is 1.73. The molecule has 0 fully saturated rings. The maximum Gasteiger partial charge on any atom is 0.283 e. The van der Waals surface area contributed by atoms with Gasteiger partial charge in [-0.25, -0.2) is 4.39 Å². The van der Waals surface area contributed by atoms with Crippen LogP contribution in [0.4, 0.5) is 10.1 Å². The van der Waals surface area contributed by atoms with E-state index < -0.39 is 24.2 Å². The molecule has 2 N–H and O–H groups in total. The van der Waals surface area contributed by atoms with E-state index >= 15 is 0 Å². The number of aromatic hydroxyl groups is 1. The number of aromatic nitrogens is 1. The summed E-state index contributed by atoms with van der Waals surface area (Å²) in [5, 5.41) is 20.8. The topological polar surface area (TPSA) is 96.0 Å². The van der Waals surface area contributed by atoms with Gasteiger partial charge < -0.3 is 15.0 Å². The van der Waals surface area contributed by atoms with E-state index in [1.165, 1.54) is 18.2 Å². The van der Waals surface area contributed by atoms with Crippen LogP contribution in [-0.2, 0) is 11.3 Å². The molecule has 1 heterocycles. The summed E-state index contributed by atoms with van der Waals surface area (Å²) in [6.45, 7) is 3.60. The second-order valence-electron chi connectivity index (χ2n) is 5.88. The zero-order valence-electron chi connectivity index (χ0n) is 14.8. The van der Waals surface area contributed by atoms with Gasteiger partial charge in [-0.3, -0.25) is 9.59 Å². The molecule has 0 saturated heterocycles. The maximum atomic E-state index is 13.1. The number of rotatable bonds is 6. The van der Waals surface area contributed by atoms with Crippen LogP contribution >= 0.6 is 0 Å². The first-order valence-corrected chi connectivity index (χ1v) is 8.40. The minimum absolute atomic E-state index is 0.0925. The maximum absolute atomic E-state index is 13.1. The first-order valence-electron chi connectivity index (χ1n) is 8.40. The third-order valence-corrected chi connectivity index (χ3v) is 3.98. The van der Waals surface area contributed by atoms with E-state index in [1.807, 2.05) is 6.07 Å². The van der Waals surface area contributed by atoms with Crippen LogP contribution in [0.15, 0.2) is 71.4 Å². The van der Waals surface area contributed by atoms with Crippen LogP contribution in [0.25, 0.3) is 10.9 Å². The second kappa shape index (κ2) is 8.26. The largest absolute Gasteiger partial charge is 0.493 e. The zero-order chi connectivity index (χ0) is 20.1. The molecule has 8 heteroatoms. The predicted molar refractivity (Wildman–Crippen MR) is 102 cm³/mol. The molecule has 0 atom stereocenters. The van der Waals surface area contributed by atoms with Gasteiger partial charge >= 0.3 is 0 Å². The van der Waals surface area contributed by atoms with Gasteiger partial charge in [-0.15, -0.1) is 16.8 Å². The Kier molecular flexibility index (Phi) is 5.59. The van der Waals surface area contributed by atoms with E-state index in [1.54, 1.807) is 28.8 Å². The van der Waals surface area contributed by atoms with Crippen LogP contribution in [0.3, 0.4) is 0 Å². The van der Waals surface area contributed by atoms with Crippen molar-refractivity contribution in [2.24, 2.45) is 10.2 Å². The molecule has 3 rings (SSSR count). The summed E-state index contributed by atoms with van der Waals surface area (Å²) in [6, 6.07) is 12.2. The number of hydrogen-bond acceptors (Lipinski definition) is 4. The van der Waals surface area contributed by atoms with Crippen molar-refractivity contribution in [1.29, 1.82) is 0 Å². The third-order valence-electron chi connectivity index (χ3n) is 3.98. The molecule has 0 radical (unpaired) electrons. The van der Waals surface area contributed by atoms with Crippen molar-refractivity contribution in [2.75, 3.05) is 6.54 Å². The highest BCUT2D eigenvalue weighted by Gasteiger charge is 2.16. The first kappa shape index (κ1) is 19.0. The molecule has 0 aliphatic carbocycles. The van der Waals surface area contributed by atoms with Crippen LogP contribution in [0, 0.1) is 5.82 Å². The number of carbonyl (C=O) groups excluding carboxylic acids is 2. The van der Waals surface area contributed by atoms with Crippen LogP contribution < -0.4 is 5.32 Å². The quantitative estimate of drug-likeness (QED) is 0.504. The summed E-state index contributed by atoms with van der Waals surface area (Å²) in [4.78, 5) is 23.9. The molecule has 0 unspecified atom stereocenters. The van der Waals surface area contributed by atoms with Crippen molar-refractivity contribution in [3.05, 3.63) is 72.6 Å². The summed E-state index contributed by atoms with van der Waals surface area (Å²) >= 11 is 0. The molecule has 142 valence electrons. The summed E-state index contributed by atoms with van der Waals surface area (Å²) in [5.74, 6) is -2.01. The molecule has 0 bridgehead atoms. The van der Waals surface area contributed by atoms with E-state index in [0.29, 0.717) is 11.9 Å². The lowest BCUT2D eigenvalue weighted by Crippen LogP contribution is -2.28. The van der Waals surface area contributed by atoms with Crippen molar-refractivity contribution in [1.82, 2.24) is 9.88 Å². The Morgan fingerprint density at radius 3 is 2.75 bits per heavy atom. The lowest BCUT2D eigenvalue weighted by Gasteiger charge is -2.02. The van der Waals surface area contributed by atoms with E-state index in [9.17, 15) is 19.1 Å². The molecular weight excluding hydrogens is 363 g/mol. The van der Waals surface area contributed by atoms with Crippen LogP contribution in [-0.4, -0.2) is 28.0 Å². The zero-order valence-corrected chi connectivity index (χ0v) is 14.8. The molecule has 1 aromatic heterocycles.